The molecule has 22 heavy (non-hydrogen) atoms. The molecular formula is C18H20BCl2F. The molecule has 0 spiro atoms. The molecule has 2 aromatic rings. The average molecular weight is 337 g/mol. The van der Waals surface area contributed by atoms with Gasteiger partial charge in [0.2, 0.25) is 0 Å². The van der Waals surface area contributed by atoms with Crippen LogP contribution in [0.2, 0.25) is 0 Å². The summed E-state index contributed by atoms with van der Waals surface area (Å²) in [5.41, 5.74) is 7.13. The van der Waals surface area contributed by atoms with Crippen LogP contribution in [-0.2, 0) is 11.8 Å². The molecule has 0 aliphatic rings. The molecule has 0 radical (unpaired) electrons. The Hall–Kier alpha value is -0.985. The zero-order chi connectivity index (χ0) is 16.4. The molecule has 0 saturated heterocycles. The van der Waals surface area contributed by atoms with Crippen LogP contribution >= 0.6 is 23.2 Å². The minimum Gasteiger partial charge on any atom is -0.322 e. The van der Waals surface area contributed by atoms with E-state index in [9.17, 15) is 0 Å². The lowest BCUT2D eigenvalue weighted by Crippen LogP contribution is -2.44. The zero-order valence-electron chi connectivity index (χ0n) is 13.4. The van der Waals surface area contributed by atoms with Gasteiger partial charge in [-0.05, 0) is 49.7 Å². The van der Waals surface area contributed by atoms with Crippen LogP contribution < -0.4 is 10.9 Å². The van der Waals surface area contributed by atoms with Gasteiger partial charge in [-0.1, -0.05) is 46.5 Å². The maximum atomic E-state index is 15.4. The Labute approximate surface area is 142 Å². The Kier molecular flexibility index (Phi) is 5.57. The minimum atomic E-state index is -1.20. The predicted octanol–water partition coefficient (Wildman–Crippen LogP) is 4.47. The van der Waals surface area contributed by atoms with Crippen LogP contribution in [0, 0.1) is 27.7 Å². The Morgan fingerprint density at radius 2 is 1.14 bits per heavy atom. The number of hydrogen-bond donors (Lipinski definition) is 0. The Morgan fingerprint density at radius 3 is 1.45 bits per heavy atom. The Balaban J connectivity index is 2.65. The minimum absolute atomic E-state index is 0.305. The summed E-state index contributed by atoms with van der Waals surface area (Å²) in [5.74, 6) is 0.610. The van der Waals surface area contributed by atoms with E-state index in [1.165, 1.54) is 0 Å². The summed E-state index contributed by atoms with van der Waals surface area (Å²) in [5, 5.41) is 0. The normalized spacial score (nSPS) is 10.9. The van der Waals surface area contributed by atoms with Gasteiger partial charge in [-0.15, -0.1) is 23.2 Å². The SMILES string of the molecule is Cc1cc(C)c(B(F)c2c(C)cc(C)cc2CCl)c(CCl)c1. The van der Waals surface area contributed by atoms with Gasteiger partial charge in [-0.3, -0.25) is 0 Å². The van der Waals surface area contributed by atoms with E-state index in [2.05, 4.69) is 0 Å². The van der Waals surface area contributed by atoms with Crippen molar-refractivity contribution in [1.82, 2.24) is 0 Å². The largest absolute Gasteiger partial charge is 0.414 e. The van der Waals surface area contributed by atoms with Gasteiger partial charge < -0.3 is 4.32 Å². The molecule has 0 aliphatic heterocycles. The number of aryl methyl sites for hydroxylation is 4. The van der Waals surface area contributed by atoms with Gasteiger partial charge in [0, 0.05) is 11.8 Å². The standard InChI is InChI=1S/C18H20BCl2F/c1-11-5-13(3)17(15(7-11)9-20)19(22)18-14(4)6-12(2)8-16(18)10-21/h5-8H,9-10H2,1-4H3. The molecule has 0 atom stereocenters. The van der Waals surface area contributed by atoms with Crippen LogP contribution in [0.5, 0.6) is 0 Å². The molecule has 0 fully saturated rings. The van der Waals surface area contributed by atoms with E-state index in [1.807, 2.05) is 52.0 Å². The molecule has 0 aliphatic carbocycles. The third-order valence-corrected chi connectivity index (χ3v) is 4.60. The fourth-order valence-electron chi connectivity index (χ4n) is 3.22. The Morgan fingerprint density at radius 1 is 0.773 bits per heavy atom. The maximum Gasteiger partial charge on any atom is 0.414 e. The molecule has 116 valence electrons. The Bertz CT molecular complexity index is 638. The second kappa shape index (κ2) is 7.06. The first kappa shape index (κ1) is 17.4. The van der Waals surface area contributed by atoms with E-state index in [0.717, 1.165) is 33.4 Å². The number of hydrogen-bond acceptors (Lipinski definition) is 0. The lowest BCUT2D eigenvalue weighted by molar-refractivity contribution is 0.861. The van der Waals surface area contributed by atoms with Crippen molar-refractivity contribution < 1.29 is 4.32 Å². The van der Waals surface area contributed by atoms with Crippen molar-refractivity contribution in [3.63, 3.8) is 0 Å². The highest BCUT2D eigenvalue weighted by Crippen LogP contribution is 2.15. The molecule has 4 heteroatoms. The molecule has 0 N–H and O–H groups in total. The summed E-state index contributed by atoms with van der Waals surface area (Å²) < 4.78 is 15.4. The highest BCUT2D eigenvalue weighted by molar-refractivity contribution is 6.81. The van der Waals surface area contributed by atoms with E-state index in [1.54, 1.807) is 0 Å². The second-order valence-corrected chi connectivity index (χ2v) is 6.47. The van der Waals surface area contributed by atoms with E-state index in [-0.39, 0.29) is 0 Å². The van der Waals surface area contributed by atoms with Crippen molar-refractivity contribution in [2.24, 2.45) is 0 Å². The molecule has 0 amide bonds. The molecular weight excluding hydrogens is 317 g/mol. The van der Waals surface area contributed by atoms with Crippen molar-refractivity contribution in [3.8, 4) is 0 Å². The smallest absolute Gasteiger partial charge is 0.322 e. The summed E-state index contributed by atoms with van der Waals surface area (Å²) in [6.07, 6.45) is 0. The second-order valence-electron chi connectivity index (χ2n) is 5.94. The lowest BCUT2D eigenvalue weighted by atomic mass is 9.53. The highest BCUT2D eigenvalue weighted by atomic mass is 35.5. The van der Waals surface area contributed by atoms with E-state index in [0.29, 0.717) is 22.7 Å². The van der Waals surface area contributed by atoms with Crippen molar-refractivity contribution >= 4 is 41.1 Å². The van der Waals surface area contributed by atoms with Crippen molar-refractivity contribution in [3.05, 3.63) is 57.6 Å². The van der Waals surface area contributed by atoms with Crippen LogP contribution in [0.4, 0.5) is 4.32 Å². The molecule has 2 aromatic carbocycles. The number of alkyl halides is 2. The molecule has 2 rings (SSSR count). The average Bonchev–Trinajstić information content (AvgIpc) is 2.44. The highest BCUT2D eigenvalue weighted by Gasteiger charge is 2.28. The first-order valence-electron chi connectivity index (χ1n) is 7.35. The first-order valence-corrected chi connectivity index (χ1v) is 8.42. The van der Waals surface area contributed by atoms with Crippen LogP contribution in [-0.4, -0.2) is 6.99 Å². The first-order chi connectivity index (χ1) is 10.4. The van der Waals surface area contributed by atoms with Crippen LogP contribution in [0.25, 0.3) is 0 Å². The van der Waals surface area contributed by atoms with Gasteiger partial charge in [-0.2, -0.15) is 0 Å². The monoisotopic (exact) mass is 336 g/mol. The lowest BCUT2D eigenvalue weighted by Gasteiger charge is -2.19. The maximum absolute atomic E-state index is 15.4. The number of rotatable bonds is 4. The molecule has 0 unspecified atom stereocenters. The van der Waals surface area contributed by atoms with Gasteiger partial charge in [0.25, 0.3) is 0 Å². The van der Waals surface area contributed by atoms with Crippen LogP contribution in [0.3, 0.4) is 0 Å². The summed E-state index contributed by atoms with van der Waals surface area (Å²) in [7, 11) is 0. The van der Waals surface area contributed by atoms with Gasteiger partial charge in [0.1, 0.15) is 0 Å². The fraction of sp³-hybridized carbons (Fsp3) is 0.333. The topological polar surface area (TPSA) is 0 Å². The molecule has 0 bridgehead atoms. The third-order valence-electron chi connectivity index (χ3n) is 4.03. The van der Waals surface area contributed by atoms with Crippen molar-refractivity contribution in [2.75, 3.05) is 0 Å². The summed E-state index contributed by atoms with van der Waals surface area (Å²) in [4.78, 5) is 0. The van der Waals surface area contributed by atoms with E-state index < -0.39 is 6.99 Å². The van der Waals surface area contributed by atoms with E-state index >= 15 is 4.32 Å². The van der Waals surface area contributed by atoms with Crippen molar-refractivity contribution in [2.45, 2.75) is 39.5 Å². The summed E-state index contributed by atoms with van der Waals surface area (Å²) in [6, 6.07) is 7.93. The van der Waals surface area contributed by atoms with Crippen LogP contribution in [0.15, 0.2) is 24.3 Å². The number of halogens is 3. The van der Waals surface area contributed by atoms with Gasteiger partial charge in [-0.25, -0.2) is 0 Å². The summed E-state index contributed by atoms with van der Waals surface area (Å²) >= 11 is 12.1. The molecule has 0 heterocycles. The quantitative estimate of drug-likeness (QED) is 0.570. The number of benzene rings is 2. The van der Waals surface area contributed by atoms with Gasteiger partial charge >= 0.3 is 6.99 Å². The predicted molar refractivity (Wildman–Crippen MR) is 97.1 cm³/mol. The van der Waals surface area contributed by atoms with Gasteiger partial charge in [0.15, 0.2) is 0 Å². The van der Waals surface area contributed by atoms with Gasteiger partial charge in [0.05, 0.1) is 0 Å². The van der Waals surface area contributed by atoms with E-state index in [4.69, 9.17) is 23.2 Å². The summed E-state index contributed by atoms with van der Waals surface area (Å²) in [6.45, 7) is 6.68. The zero-order valence-corrected chi connectivity index (χ0v) is 14.9. The van der Waals surface area contributed by atoms with Crippen molar-refractivity contribution in [1.29, 1.82) is 0 Å². The molecule has 0 nitrogen and oxygen atoms in total. The molecule has 0 aromatic heterocycles. The van der Waals surface area contributed by atoms with Crippen LogP contribution in [0.1, 0.15) is 33.4 Å². The molecule has 0 saturated carbocycles. The fourth-order valence-corrected chi connectivity index (χ4v) is 3.67. The third kappa shape index (κ3) is 3.34.